The number of nitrogens with one attached hydrogen (secondary N) is 1. The third-order valence-electron chi connectivity index (χ3n) is 4.10. The fourth-order valence-corrected chi connectivity index (χ4v) is 3.93. The van der Waals surface area contributed by atoms with Crippen molar-refractivity contribution < 1.29 is 22.7 Å². The van der Waals surface area contributed by atoms with Crippen LogP contribution in [0.1, 0.15) is 20.8 Å². The lowest BCUT2D eigenvalue weighted by Gasteiger charge is -2.35. The number of carbonyl (C=O) groups is 1. The Morgan fingerprint density at radius 1 is 1.15 bits per heavy atom. The number of benzene rings is 1. The number of sulfonamides is 1. The van der Waals surface area contributed by atoms with Crippen LogP contribution in [0.25, 0.3) is 0 Å². The molecule has 1 saturated heterocycles. The number of amides is 1. The maximum atomic E-state index is 12.4. The van der Waals surface area contributed by atoms with Crippen LogP contribution in [0.15, 0.2) is 29.2 Å². The fraction of sp³-hybridized carbons (Fsp3) is 0.611. The summed E-state index contributed by atoms with van der Waals surface area (Å²) in [5.74, 6) is 0.316. The van der Waals surface area contributed by atoms with Crippen molar-refractivity contribution in [1.29, 1.82) is 0 Å². The zero-order valence-corrected chi connectivity index (χ0v) is 17.2. The summed E-state index contributed by atoms with van der Waals surface area (Å²) in [6, 6.07) is 6.51. The Kier molecular flexibility index (Phi) is 7.07. The van der Waals surface area contributed by atoms with Gasteiger partial charge in [0.2, 0.25) is 10.0 Å². The maximum Gasteiger partial charge on any atom is 0.410 e. The second-order valence-corrected chi connectivity index (χ2v) is 9.09. The molecule has 1 amide bonds. The van der Waals surface area contributed by atoms with Gasteiger partial charge in [-0.1, -0.05) is 12.1 Å². The second-order valence-electron chi connectivity index (χ2n) is 7.36. The van der Waals surface area contributed by atoms with E-state index in [9.17, 15) is 13.2 Å². The van der Waals surface area contributed by atoms with Crippen LogP contribution in [0, 0.1) is 0 Å². The lowest BCUT2D eigenvalue weighted by molar-refractivity contribution is 0.0147. The van der Waals surface area contributed by atoms with Gasteiger partial charge in [-0.05, 0) is 32.9 Å². The minimum atomic E-state index is -3.63. The maximum absolute atomic E-state index is 12.4. The highest BCUT2D eigenvalue weighted by Gasteiger charge is 2.26. The van der Waals surface area contributed by atoms with Crippen molar-refractivity contribution >= 4 is 16.1 Å². The van der Waals surface area contributed by atoms with E-state index < -0.39 is 15.6 Å². The molecule has 1 aromatic carbocycles. The van der Waals surface area contributed by atoms with E-state index in [1.165, 1.54) is 13.2 Å². The number of ether oxygens (including phenoxy) is 2. The van der Waals surface area contributed by atoms with Crippen LogP contribution < -0.4 is 9.46 Å². The van der Waals surface area contributed by atoms with Crippen molar-refractivity contribution in [2.24, 2.45) is 0 Å². The van der Waals surface area contributed by atoms with Crippen molar-refractivity contribution in [3.63, 3.8) is 0 Å². The molecule has 0 spiro atoms. The number of rotatable bonds is 6. The molecule has 152 valence electrons. The van der Waals surface area contributed by atoms with Crippen LogP contribution >= 0.6 is 0 Å². The van der Waals surface area contributed by atoms with Gasteiger partial charge in [-0.3, -0.25) is 4.90 Å². The molecule has 0 aromatic heterocycles. The summed E-state index contributed by atoms with van der Waals surface area (Å²) < 4.78 is 38.0. The first-order chi connectivity index (χ1) is 12.6. The zero-order valence-electron chi connectivity index (χ0n) is 16.4. The molecule has 27 heavy (non-hydrogen) atoms. The van der Waals surface area contributed by atoms with Crippen molar-refractivity contribution in [3.05, 3.63) is 24.3 Å². The van der Waals surface area contributed by atoms with E-state index in [2.05, 4.69) is 9.62 Å². The Morgan fingerprint density at radius 3 is 2.37 bits per heavy atom. The molecule has 1 aliphatic heterocycles. The molecule has 1 N–H and O–H groups in total. The van der Waals surface area contributed by atoms with E-state index in [4.69, 9.17) is 9.47 Å². The summed E-state index contributed by atoms with van der Waals surface area (Å²) in [6.07, 6.45) is -0.306. The summed E-state index contributed by atoms with van der Waals surface area (Å²) in [5, 5.41) is 0. The van der Waals surface area contributed by atoms with Gasteiger partial charge in [-0.15, -0.1) is 0 Å². The standard InChI is InChI=1S/C18H29N3O5S/c1-18(2,3)26-17(22)21-13-11-20(12-14-21)10-9-19-27(23,24)16-8-6-5-7-15(16)25-4/h5-8,19H,9-14H2,1-4H3. The van der Waals surface area contributed by atoms with E-state index in [-0.39, 0.29) is 17.5 Å². The first kappa shape index (κ1) is 21.5. The Bertz CT molecular complexity index is 738. The molecule has 0 atom stereocenters. The number of carbonyl (C=O) groups excluding carboxylic acids is 1. The smallest absolute Gasteiger partial charge is 0.410 e. The molecular formula is C18H29N3O5S. The third-order valence-corrected chi connectivity index (χ3v) is 5.60. The molecule has 0 radical (unpaired) electrons. The Morgan fingerprint density at radius 2 is 1.78 bits per heavy atom. The lowest BCUT2D eigenvalue weighted by atomic mass is 10.2. The van der Waals surface area contributed by atoms with Gasteiger partial charge in [-0.25, -0.2) is 17.9 Å². The van der Waals surface area contributed by atoms with E-state index in [1.54, 1.807) is 23.1 Å². The van der Waals surface area contributed by atoms with Gasteiger partial charge in [-0.2, -0.15) is 0 Å². The number of piperazine rings is 1. The second kappa shape index (κ2) is 8.90. The molecular weight excluding hydrogens is 370 g/mol. The first-order valence-electron chi connectivity index (χ1n) is 8.95. The largest absolute Gasteiger partial charge is 0.495 e. The average molecular weight is 400 g/mol. The molecule has 8 nitrogen and oxygen atoms in total. The fourth-order valence-electron chi connectivity index (χ4n) is 2.74. The van der Waals surface area contributed by atoms with Crippen LogP contribution in [0.3, 0.4) is 0 Å². The molecule has 0 unspecified atom stereocenters. The normalized spacial score (nSPS) is 16.2. The van der Waals surface area contributed by atoms with E-state index in [1.807, 2.05) is 20.8 Å². The van der Waals surface area contributed by atoms with E-state index >= 15 is 0 Å². The topological polar surface area (TPSA) is 88.2 Å². The molecule has 9 heteroatoms. The predicted octanol–water partition coefficient (Wildman–Crippen LogP) is 1.53. The molecule has 1 aliphatic rings. The molecule has 1 heterocycles. The zero-order chi connectivity index (χ0) is 20.1. The SMILES string of the molecule is COc1ccccc1S(=O)(=O)NCCN1CCN(C(=O)OC(C)(C)C)CC1. The lowest BCUT2D eigenvalue weighted by Crippen LogP contribution is -2.51. The highest BCUT2D eigenvalue weighted by atomic mass is 32.2. The number of hydrogen-bond acceptors (Lipinski definition) is 6. The summed E-state index contributed by atoms with van der Waals surface area (Å²) in [4.78, 5) is 16.0. The van der Waals surface area contributed by atoms with E-state index in [0.717, 1.165) is 0 Å². The Labute approximate surface area is 161 Å². The minimum absolute atomic E-state index is 0.127. The van der Waals surface area contributed by atoms with Crippen molar-refractivity contribution in [1.82, 2.24) is 14.5 Å². The van der Waals surface area contributed by atoms with Crippen LogP contribution in [0.2, 0.25) is 0 Å². The first-order valence-corrected chi connectivity index (χ1v) is 10.4. The summed E-state index contributed by atoms with van der Waals surface area (Å²) in [7, 11) is -2.19. The van der Waals surface area contributed by atoms with Crippen molar-refractivity contribution in [2.75, 3.05) is 46.4 Å². The van der Waals surface area contributed by atoms with Gasteiger partial charge in [0.1, 0.15) is 16.2 Å². The van der Waals surface area contributed by atoms with Gasteiger partial charge in [0.25, 0.3) is 0 Å². The molecule has 1 aromatic rings. The van der Waals surface area contributed by atoms with Gasteiger partial charge in [0.15, 0.2) is 0 Å². The summed E-state index contributed by atoms with van der Waals surface area (Å²) >= 11 is 0. The van der Waals surface area contributed by atoms with Crippen molar-refractivity contribution in [3.8, 4) is 5.75 Å². The highest BCUT2D eigenvalue weighted by molar-refractivity contribution is 7.89. The average Bonchev–Trinajstić information content (AvgIpc) is 2.60. The predicted molar refractivity (Wildman–Crippen MR) is 102 cm³/mol. The van der Waals surface area contributed by atoms with Gasteiger partial charge < -0.3 is 14.4 Å². The molecule has 1 fully saturated rings. The van der Waals surface area contributed by atoms with Gasteiger partial charge in [0.05, 0.1) is 7.11 Å². The molecule has 0 saturated carbocycles. The number of hydrogen-bond donors (Lipinski definition) is 1. The quantitative estimate of drug-likeness (QED) is 0.780. The van der Waals surface area contributed by atoms with Crippen LogP contribution in [-0.4, -0.2) is 76.3 Å². The summed E-state index contributed by atoms with van der Waals surface area (Å²) in [5.41, 5.74) is -0.509. The van der Waals surface area contributed by atoms with E-state index in [0.29, 0.717) is 38.5 Å². The van der Waals surface area contributed by atoms with Gasteiger partial charge >= 0.3 is 6.09 Å². The number of para-hydroxylation sites is 1. The monoisotopic (exact) mass is 399 g/mol. The Hall–Kier alpha value is -1.84. The molecule has 0 bridgehead atoms. The van der Waals surface area contributed by atoms with Crippen molar-refractivity contribution in [2.45, 2.75) is 31.3 Å². The Balaban J connectivity index is 1.79. The molecule has 2 rings (SSSR count). The molecule has 0 aliphatic carbocycles. The highest BCUT2D eigenvalue weighted by Crippen LogP contribution is 2.22. The minimum Gasteiger partial charge on any atom is -0.495 e. The van der Waals surface area contributed by atoms with Crippen LogP contribution in [0.5, 0.6) is 5.75 Å². The van der Waals surface area contributed by atoms with Crippen LogP contribution in [-0.2, 0) is 14.8 Å². The third kappa shape index (κ3) is 6.37. The summed E-state index contributed by atoms with van der Waals surface area (Å²) in [6.45, 7) is 8.86. The van der Waals surface area contributed by atoms with Gasteiger partial charge in [0, 0.05) is 39.3 Å². The number of nitrogens with zero attached hydrogens (tertiary/aromatic N) is 2. The number of methoxy groups -OCH3 is 1. The van der Waals surface area contributed by atoms with Crippen LogP contribution in [0.4, 0.5) is 4.79 Å².